The Kier molecular flexibility index (Phi) is 5.78. The topological polar surface area (TPSA) is 58.6 Å². The minimum absolute atomic E-state index is 0.0455. The number of ether oxygens (including phenoxy) is 1. The molecular formula is C20H21ClN2O3. The van der Waals surface area contributed by atoms with E-state index in [1.165, 1.54) is 5.56 Å². The molecule has 0 aliphatic carbocycles. The average molecular weight is 373 g/mol. The standard InChI is InChI=1S/C20H21ClN2O3/c1-14-11-16(21)8-9-18(14)26-13-19(24)22-12-20(25)23-10-4-6-15-5-2-3-7-17(15)23/h2-3,5,7-9,11H,4,6,10,12-13H2,1H3,(H,22,24). The van der Waals surface area contributed by atoms with Gasteiger partial charge in [0.15, 0.2) is 6.61 Å². The Morgan fingerprint density at radius 2 is 2.04 bits per heavy atom. The molecule has 0 unspecified atom stereocenters. The van der Waals surface area contributed by atoms with E-state index < -0.39 is 0 Å². The Balaban J connectivity index is 1.51. The van der Waals surface area contributed by atoms with E-state index in [4.69, 9.17) is 16.3 Å². The first-order chi connectivity index (χ1) is 12.5. The summed E-state index contributed by atoms with van der Waals surface area (Å²) in [7, 11) is 0. The predicted octanol–water partition coefficient (Wildman–Crippen LogP) is 3.12. The van der Waals surface area contributed by atoms with E-state index in [1.54, 1.807) is 23.1 Å². The van der Waals surface area contributed by atoms with Crippen LogP contribution in [0, 0.1) is 6.92 Å². The number of anilines is 1. The number of nitrogens with zero attached hydrogens (tertiary/aromatic N) is 1. The van der Waals surface area contributed by atoms with Crippen molar-refractivity contribution in [1.82, 2.24) is 5.32 Å². The van der Waals surface area contributed by atoms with Gasteiger partial charge in [0.25, 0.3) is 5.91 Å². The third kappa shape index (κ3) is 4.35. The van der Waals surface area contributed by atoms with Gasteiger partial charge in [-0.25, -0.2) is 0 Å². The van der Waals surface area contributed by atoms with Crippen LogP contribution < -0.4 is 15.0 Å². The molecule has 3 rings (SSSR count). The lowest BCUT2D eigenvalue weighted by Gasteiger charge is -2.29. The first-order valence-electron chi connectivity index (χ1n) is 8.58. The fourth-order valence-electron chi connectivity index (χ4n) is 3.03. The molecule has 0 spiro atoms. The zero-order chi connectivity index (χ0) is 18.5. The van der Waals surface area contributed by atoms with Gasteiger partial charge in [-0.05, 0) is 55.2 Å². The quantitative estimate of drug-likeness (QED) is 0.877. The van der Waals surface area contributed by atoms with Gasteiger partial charge >= 0.3 is 0 Å². The number of para-hydroxylation sites is 1. The van der Waals surface area contributed by atoms with Crippen molar-refractivity contribution in [2.45, 2.75) is 19.8 Å². The monoisotopic (exact) mass is 372 g/mol. The second-order valence-electron chi connectivity index (χ2n) is 6.25. The van der Waals surface area contributed by atoms with E-state index in [0.717, 1.165) is 24.1 Å². The Bertz CT molecular complexity index is 822. The summed E-state index contributed by atoms with van der Waals surface area (Å²) in [5, 5.41) is 3.25. The maximum atomic E-state index is 12.5. The predicted molar refractivity (Wildman–Crippen MR) is 102 cm³/mol. The zero-order valence-corrected chi connectivity index (χ0v) is 15.4. The van der Waals surface area contributed by atoms with Gasteiger partial charge in [-0.1, -0.05) is 29.8 Å². The van der Waals surface area contributed by atoms with Gasteiger partial charge in [0, 0.05) is 17.3 Å². The minimum Gasteiger partial charge on any atom is -0.484 e. The molecule has 0 aromatic heterocycles. The van der Waals surface area contributed by atoms with E-state index in [9.17, 15) is 9.59 Å². The van der Waals surface area contributed by atoms with Crippen LogP contribution in [0.25, 0.3) is 0 Å². The second-order valence-corrected chi connectivity index (χ2v) is 6.69. The van der Waals surface area contributed by atoms with Gasteiger partial charge in [-0.2, -0.15) is 0 Å². The number of amides is 2. The van der Waals surface area contributed by atoms with E-state index in [1.807, 2.05) is 31.2 Å². The number of hydrogen-bond acceptors (Lipinski definition) is 3. The van der Waals surface area contributed by atoms with Crippen LogP contribution >= 0.6 is 11.6 Å². The van der Waals surface area contributed by atoms with Crippen LogP contribution in [0.2, 0.25) is 5.02 Å². The summed E-state index contributed by atoms with van der Waals surface area (Å²) >= 11 is 5.90. The third-order valence-electron chi connectivity index (χ3n) is 4.34. The Labute approximate surface area is 157 Å². The molecule has 0 radical (unpaired) electrons. The van der Waals surface area contributed by atoms with Crippen molar-refractivity contribution in [2.75, 3.05) is 24.6 Å². The molecule has 26 heavy (non-hydrogen) atoms. The molecule has 6 heteroatoms. The van der Waals surface area contributed by atoms with Gasteiger partial charge in [0.05, 0.1) is 6.54 Å². The normalized spacial score (nSPS) is 13.1. The van der Waals surface area contributed by atoms with Crippen molar-refractivity contribution in [2.24, 2.45) is 0 Å². The highest BCUT2D eigenvalue weighted by Gasteiger charge is 2.22. The van der Waals surface area contributed by atoms with Crippen LogP contribution in [0.15, 0.2) is 42.5 Å². The van der Waals surface area contributed by atoms with Gasteiger partial charge in [-0.15, -0.1) is 0 Å². The number of carbonyl (C=O) groups is 2. The molecule has 2 aromatic carbocycles. The van der Waals surface area contributed by atoms with Crippen molar-refractivity contribution in [3.05, 3.63) is 58.6 Å². The first kappa shape index (κ1) is 18.3. The minimum atomic E-state index is -0.335. The zero-order valence-electron chi connectivity index (χ0n) is 14.6. The summed E-state index contributed by atoms with van der Waals surface area (Å²) in [5.74, 6) is 0.145. The van der Waals surface area contributed by atoms with E-state index >= 15 is 0 Å². The molecule has 0 bridgehead atoms. The fraction of sp³-hybridized carbons (Fsp3) is 0.300. The molecular weight excluding hydrogens is 352 g/mol. The molecule has 1 aliphatic rings. The number of halogens is 1. The molecule has 136 valence electrons. The molecule has 1 N–H and O–H groups in total. The van der Waals surface area contributed by atoms with Gasteiger partial charge in [0.1, 0.15) is 5.75 Å². The highest BCUT2D eigenvalue weighted by molar-refractivity contribution is 6.30. The van der Waals surface area contributed by atoms with Gasteiger partial charge in [0.2, 0.25) is 5.91 Å². The number of rotatable bonds is 5. The molecule has 1 heterocycles. The SMILES string of the molecule is Cc1cc(Cl)ccc1OCC(=O)NCC(=O)N1CCCc2ccccc21. The lowest BCUT2D eigenvalue weighted by Crippen LogP contribution is -2.43. The van der Waals surface area contributed by atoms with Gasteiger partial charge in [-0.3, -0.25) is 9.59 Å². The second kappa shape index (κ2) is 8.23. The van der Waals surface area contributed by atoms with E-state index in [-0.39, 0.29) is 25.0 Å². The van der Waals surface area contributed by atoms with Crippen LogP contribution in [-0.2, 0) is 16.0 Å². The highest BCUT2D eigenvalue weighted by atomic mass is 35.5. The molecule has 5 nitrogen and oxygen atoms in total. The van der Waals surface area contributed by atoms with Crippen LogP contribution in [0.5, 0.6) is 5.75 Å². The molecule has 0 atom stereocenters. The Morgan fingerprint density at radius 3 is 2.85 bits per heavy atom. The lowest BCUT2D eigenvalue weighted by molar-refractivity contribution is -0.126. The maximum absolute atomic E-state index is 12.5. The van der Waals surface area contributed by atoms with Crippen molar-refractivity contribution in [3.8, 4) is 5.75 Å². The van der Waals surface area contributed by atoms with Crippen molar-refractivity contribution in [3.63, 3.8) is 0 Å². The lowest BCUT2D eigenvalue weighted by atomic mass is 10.0. The summed E-state index contributed by atoms with van der Waals surface area (Å²) in [4.78, 5) is 26.2. The average Bonchev–Trinajstić information content (AvgIpc) is 2.65. The molecule has 2 amide bonds. The number of nitrogens with one attached hydrogen (secondary N) is 1. The summed E-state index contributed by atoms with van der Waals surface area (Å²) < 4.78 is 5.49. The van der Waals surface area contributed by atoms with Crippen molar-refractivity contribution in [1.29, 1.82) is 0 Å². The van der Waals surface area contributed by atoms with Crippen LogP contribution in [0.3, 0.4) is 0 Å². The third-order valence-corrected chi connectivity index (χ3v) is 4.58. The summed E-state index contributed by atoms with van der Waals surface area (Å²) in [6.07, 6.45) is 1.90. The highest BCUT2D eigenvalue weighted by Crippen LogP contribution is 2.26. The summed E-state index contributed by atoms with van der Waals surface area (Å²) in [5.41, 5.74) is 2.96. The number of fused-ring (bicyclic) bond motifs is 1. The number of hydrogen-bond donors (Lipinski definition) is 1. The molecule has 2 aromatic rings. The number of carbonyl (C=O) groups excluding carboxylic acids is 2. The van der Waals surface area contributed by atoms with Crippen LogP contribution in [0.4, 0.5) is 5.69 Å². The summed E-state index contributed by atoms with van der Waals surface area (Å²) in [6.45, 7) is 2.34. The largest absolute Gasteiger partial charge is 0.484 e. The maximum Gasteiger partial charge on any atom is 0.258 e. The molecule has 0 fully saturated rings. The molecule has 0 saturated heterocycles. The fourth-order valence-corrected chi connectivity index (χ4v) is 3.26. The van der Waals surface area contributed by atoms with Crippen molar-refractivity contribution < 1.29 is 14.3 Å². The first-order valence-corrected chi connectivity index (χ1v) is 8.96. The molecule has 0 saturated carbocycles. The smallest absolute Gasteiger partial charge is 0.258 e. The number of aryl methyl sites for hydroxylation is 2. The van der Waals surface area contributed by atoms with Crippen LogP contribution in [0.1, 0.15) is 17.5 Å². The van der Waals surface area contributed by atoms with Crippen molar-refractivity contribution >= 4 is 29.1 Å². The van der Waals surface area contributed by atoms with E-state index in [2.05, 4.69) is 5.32 Å². The Hall–Kier alpha value is -2.53. The summed E-state index contributed by atoms with van der Waals surface area (Å²) in [6, 6.07) is 13.1. The van der Waals surface area contributed by atoms with E-state index in [0.29, 0.717) is 17.3 Å². The number of benzene rings is 2. The van der Waals surface area contributed by atoms with Gasteiger partial charge < -0.3 is 15.0 Å². The molecule has 1 aliphatic heterocycles. The van der Waals surface area contributed by atoms with Crippen LogP contribution in [-0.4, -0.2) is 31.5 Å². The Morgan fingerprint density at radius 1 is 1.23 bits per heavy atom.